The van der Waals surface area contributed by atoms with Gasteiger partial charge in [-0.3, -0.25) is 0 Å². The lowest BCUT2D eigenvalue weighted by molar-refractivity contribution is 0.269. The van der Waals surface area contributed by atoms with E-state index in [-0.39, 0.29) is 12.4 Å². The van der Waals surface area contributed by atoms with Gasteiger partial charge in [-0.25, -0.2) is 4.39 Å². The smallest absolute Gasteiger partial charge is 0.180 e. The zero-order valence-corrected chi connectivity index (χ0v) is 18.7. The molecular formula is C23H30Cl2FNO2. The maximum absolute atomic E-state index is 13.2. The number of nitrogens with one attached hydrogen (secondary N) is 1. The molecule has 0 radical (unpaired) electrons. The van der Waals surface area contributed by atoms with Crippen molar-refractivity contribution in [2.24, 2.45) is 0 Å². The molecule has 0 aliphatic carbocycles. The van der Waals surface area contributed by atoms with Crippen molar-refractivity contribution in [2.75, 3.05) is 13.2 Å². The average Bonchev–Trinajstić information content (AvgIpc) is 2.68. The minimum atomic E-state index is -0.381. The van der Waals surface area contributed by atoms with Gasteiger partial charge in [0.05, 0.1) is 16.7 Å². The van der Waals surface area contributed by atoms with Crippen LogP contribution in [-0.4, -0.2) is 13.2 Å². The average molecular weight is 442 g/mol. The third-order valence-electron chi connectivity index (χ3n) is 4.54. The van der Waals surface area contributed by atoms with E-state index in [0.29, 0.717) is 33.7 Å². The fraction of sp³-hybridized carbons (Fsp3) is 0.478. The lowest BCUT2D eigenvalue weighted by atomic mass is 10.1. The maximum Gasteiger partial charge on any atom is 0.180 e. The Balaban J connectivity index is 1.97. The van der Waals surface area contributed by atoms with Crippen LogP contribution in [0.1, 0.15) is 57.1 Å². The summed E-state index contributed by atoms with van der Waals surface area (Å²) in [5.41, 5.74) is 1.72. The van der Waals surface area contributed by atoms with Crippen LogP contribution >= 0.6 is 23.2 Å². The van der Waals surface area contributed by atoms with E-state index in [9.17, 15) is 4.39 Å². The molecule has 1 N–H and O–H groups in total. The predicted molar refractivity (Wildman–Crippen MR) is 119 cm³/mol. The quantitative estimate of drug-likeness (QED) is 0.334. The Morgan fingerprint density at radius 1 is 0.931 bits per heavy atom. The van der Waals surface area contributed by atoms with Crippen molar-refractivity contribution in [1.82, 2.24) is 5.32 Å². The van der Waals surface area contributed by atoms with Crippen LogP contribution in [0.25, 0.3) is 0 Å². The fourth-order valence-corrected chi connectivity index (χ4v) is 3.51. The van der Waals surface area contributed by atoms with Gasteiger partial charge < -0.3 is 14.8 Å². The second kappa shape index (κ2) is 12.9. The number of benzene rings is 2. The molecule has 0 aliphatic heterocycles. The molecule has 160 valence electrons. The molecule has 0 saturated carbocycles. The van der Waals surface area contributed by atoms with Gasteiger partial charge in [-0.2, -0.15) is 0 Å². The van der Waals surface area contributed by atoms with Gasteiger partial charge in [0.15, 0.2) is 11.5 Å². The molecule has 6 heteroatoms. The standard InChI is InChI=1S/C23H30Cl2FNO2/c1-3-5-6-7-8-11-27-15-17-12-21(25)23(22(13-17)28-4-2)29-16-18-9-10-19(26)14-20(18)24/h9-10,12-14,27H,3-8,11,15-16H2,1-2H3. The molecule has 3 nitrogen and oxygen atoms in total. The van der Waals surface area contributed by atoms with Gasteiger partial charge in [-0.1, -0.05) is 61.9 Å². The van der Waals surface area contributed by atoms with Crippen LogP contribution in [0.5, 0.6) is 11.5 Å². The van der Waals surface area contributed by atoms with Crippen molar-refractivity contribution in [2.45, 2.75) is 59.1 Å². The molecule has 0 saturated heterocycles. The van der Waals surface area contributed by atoms with Crippen molar-refractivity contribution in [3.8, 4) is 11.5 Å². The Hall–Kier alpha value is -1.49. The lowest BCUT2D eigenvalue weighted by Crippen LogP contribution is -2.15. The monoisotopic (exact) mass is 441 g/mol. The van der Waals surface area contributed by atoms with Gasteiger partial charge in [0, 0.05) is 12.1 Å². The van der Waals surface area contributed by atoms with Gasteiger partial charge in [0.2, 0.25) is 0 Å². The summed E-state index contributed by atoms with van der Waals surface area (Å²) >= 11 is 12.6. The first kappa shape index (κ1) is 23.8. The first-order valence-electron chi connectivity index (χ1n) is 10.3. The SMILES string of the molecule is CCCCCCCNCc1cc(Cl)c(OCc2ccc(F)cc2Cl)c(OCC)c1. The van der Waals surface area contributed by atoms with Crippen LogP contribution in [0, 0.1) is 5.82 Å². The predicted octanol–water partition coefficient (Wildman–Crippen LogP) is 7.17. The largest absolute Gasteiger partial charge is 0.490 e. The van der Waals surface area contributed by atoms with E-state index in [1.54, 1.807) is 6.07 Å². The number of rotatable bonds is 13. The summed E-state index contributed by atoms with van der Waals surface area (Å²) in [6.45, 7) is 6.51. The Kier molecular flexibility index (Phi) is 10.6. The second-order valence-corrected chi connectivity index (χ2v) is 7.77. The molecule has 0 amide bonds. The van der Waals surface area contributed by atoms with Crippen LogP contribution in [-0.2, 0) is 13.2 Å². The van der Waals surface area contributed by atoms with E-state index in [2.05, 4.69) is 12.2 Å². The lowest BCUT2D eigenvalue weighted by Gasteiger charge is -2.16. The molecular weight excluding hydrogens is 412 g/mol. The molecule has 29 heavy (non-hydrogen) atoms. The fourth-order valence-electron chi connectivity index (χ4n) is 3.00. The molecule has 0 heterocycles. The summed E-state index contributed by atoms with van der Waals surface area (Å²) in [7, 11) is 0. The summed E-state index contributed by atoms with van der Waals surface area (Å²) in [4.78, 5) is 0. The van der Waals surface area contributed by atoms with E-state index in [1.807, 2.05) is 19.1 Å². The zero-order valence-electron chi connectivity index (χ0n) is 17.2. The Morgan fingerprint density at radius 2 is 1.72 bits per heavy atom. The van der Waals surface area contributed by atoms with Crippen molar-refractivity contribution >= 4 is 23.2 Å². The highest BCUT2D eigenvalue weighted by molar-refractivity contribution is 6.32. The summed E-state index contributed by atoms with van der Waals surface area (Å²) in [5, 5.41) is 4.26. The molecule has 0 aromatic heterocycles. The van der Waals surface area contributed by atoms with E-state index < -0.39 is 0 Å². The first-order chi connectivity index (χ1) is 14.0. The molecule has 0 aliphatic rings. The van der Waals surface area contributed by atoms with E-state index in [4.69, 9.17) is 32.7 Å². The first-order valence-corrected chi connectivity index (χ1v) is 11.0. The Labute approximate surface area is 183 Å². The second-order valence-electron chi connectivity index (χ2n) is 6.95. The third-order valence-corrected chi connectivity index (χ3v) is 5.18. The molecule has 2 aromatic carbocycles. The number of hydrogen-bond donors (Lipinski definition) is 1. The number of unbranched alkanes of at least 4 members (excludes halogenated alkanes) is 4. The van der Waals surface area contributed by atoms with Crippen molar-refractivity contribution in [3.63, 3.8) is 0 Å². The molecule has 2 rings (SSSR count). The van der Waals surface area contributed by atoms with Crippen molar-refractivity contribution in [3.05, 3.63) is 57.3 Å². The minimum absolute atomic E-state index is 0.175. The summed E-state index contributed by atoms with van der Waals surface area (Å²) in [6, 6.07) is 8.05. The molecule has 2 aromatic rings. The molecule has 0 unspecified atom stereocenters. The number of hydrogen-bond acceptors (Lipinski definition) is 3. The van der Waals surface area contributed by atoms with Crippen LogP contribution in [0.2, 0.25) is 10.0 Å². The molecule has 0 atom stereocenters. The highest BCUT2D eigenvalue weighted by Gasteiger charge is 2.14. The molecule has 0 fully saturated rings. The Bertz CT molecular complexity index is 771. The van der Waals surface area contributed by atoms with Gasteiger partial charge in [-0.05, 0) is 49.7 Å². The van der Waals surface area contributed by atoms with Crippen molar-refractivity contribution < 1.29 is 13.9 Å². The molecule has 0 bridgehead atoms. The van der Waals surface area contributed by atoms with Crippen LogP contribution in [0.15, 0.2) is 30.3 Å². The molecule has 0 spiro atoms. The topological polar surface area (TPSA) is 30.5 Å². The number of halogens is 3. The maximum atomic E-state index is 13.2. The summed E-state index contributed by atoms with van der Waals surface area (Å²) in [5.74, 6) is 0.684. The summed E-state index contributed by atoms with van der Waals surface area (Å²) < 4.78 is 24.8. The van der Waals surface area contributed by atoms with E-state index in [0.717, 1.165) is 18.7 Å². The van der Waals surface area contributed by atoms with Crippen LogP contribution in [0.3, 0.4) is 0 Å². The van der Waals surface area contributed by atoms with E-state index >= 15 is 0 Å². The highest BCUT2D eigenvalue weighted by atomic mass is 35.5. The number of ether oxygens (including phenoxy) is 2. The van der Waals surface area contributed by atoms with Gasteiger partial charge in [-0.15, -0.1) is 0 Å². The van der Waals surface area contributed by atoms with Gasteiger partial charge in [0.1, 0.15) is 12.4 Å². The summed E-state index contributed by atoms with van der Waals surface area (Å²) in [6.07, 6.45) is 6.28. The van der Waals surface area contributed by atoms with Gasteiger partial charge in [0.25, 0.3) is 0 Å². The normalized spacial score (nSPS) is 10.9. The minimum Gasteiger partial charge on any atom is -0.490 e. The van der Waals surface area contributed by atoms with Crippen LogP contribution in [0.4, 0.5) is 4.39 Å². The third kappa shape index (κ3) is 8.04. The van der Waals surface area contributed by atoms with E-state index in [1.165, 1.54) is 44.2 Å². The Morgan fingerprint density at radius 3 is 2.45 bits per heavy atom. The zero-order chi connectivity index (χ0) is 21.1. The van der Waals surface area contributed by atoms with Gasteiger partial charge >= 0.3 is 0 Å². The van der Waals surface area contributed by atoms with Crippen LogP contribution < -0.4 is 14.8 Å². The highest BCUT2D eigenvalue weighted by Crippen LogP contribution is 2.37. The van der Waals surface area contributed by atoms with Crippen molar-refractivity contribution in [1.29, 1.82) is 0 Å².